The molecule has 188 valence electrons. The lowest BCUT2D eigenvalue weighted by Crippen LogP contribution is -2.44. The average Bonchev–Trinajstić information content (AvgIpc) is 3.37. The second kappa shape index (κ2) is 9.71. The van der Waals surface area contributed by atoms with Crippen molar-refractivity contribution in [2.24, 2.45) is 0 Å². The summed E-state index contributed by atoms with van der Waals surface area (Å²) in [7, 11) is 2.13. The first-order valence-corrected chi connectivity index (χ1v) is 13.0. The van der Waals surface area contributed by atoms with Crippen molar-refractivity contribution in [3.05, 3.63) is 75.4 Å². The highest BCUT2D eigenvalue weighted by atomic mass is 79.9. The Morgan fingerprint density at radius 3 is 2.50 bits per heavy atom. The molecule has 0 atom stereocenters. The molecule has 5 rings (SSSR count). The first-order valence-electron chi connectivity index (χ1n) is 12.2. The highest BCUT2D eigenvalue weighted by Crippen LogP contribution is 2.41. The van der Waals surface area contributed by atoms with Gasteiger partial charge in [-0.25, -0.2) is 0 Å². The van der Waals surface area contributed by atoms with E-state index in [1.165, 1.54) is 0 Å². The maximum Gasteiger partial charge on any atom is 0.256 e. The fraction of sp³-hybridized carbons (Fsp3) is 0.370. The third-order valence-electron chi connectivity index (χ3n) is 7.25. The SMILES string of the molecule is CN1CCN(c2ccc(C(=O)Nc3n[nH]c4c3CN(C(=O)Cc3cccc(Br)c3)C4(C)C)cc2)CC1. The van der Waals surface area contributed by atoms with Crippen molar-refractivity contribution in [3.63, 3.8) is 0 Å². The monoisotopic (exact) mass is 550 g/mol. The molecule has 0 radical (unpaired) electrons. The molecule has 0 spiro atoms. The van der Waals surface area contributed by atoms with Crippen LogP contribution >= 0.6 is 15.9 Å². The molecule has 0 bridgehead atoms. The Labute approximate surface area is 219 Å². The largest absolute Gasteiger partial charge is 0.369 e. The van der Waals surface area contributed by atoms with E-state index in [0.29, 0.717) is 24.3 Å². The summed E-state index contributed by atoms with van der Waals surface area (Å²) in [5.41, 5.74) is 3.80. The van der Waals surface area contributed by atoms with Gasteiger partial charge in [-0.05, 0) is 62.9 Å². The molecule has 8 nitrogen and oxygen atoms in total. The Balaban J connectivity index is 1.27. The highest BCUT2D eigenvalue weighted by Gasteiger charge is 2.43. The summed E-state index contributed by atoms with van der Waals surface area (Å²) in [4.78, 5) is 32.7. The van der Waals surface area contributed by atoms with Gasteiger partial charge in [0.1, 0.15) is 0 Å². The van der Waals surface area contributed by atoms with E-state index < -0.39 is 5.54 Å². The van der Waals surface area contributed by atoms with Crippen LogP contribution in [0, 0.1) is 0 Å². The minimum Gasteiger partial charge on any atom is -0.369 e. The molecular weight excluding hydrogens is 520 g/mol. The van der Waals surface area contributed by atoms with Crippen LogP contribution in [0.3, 0.4) is 0 Å². The molecule has 3 aromatic rings. The lowest BCUT2D eigenvalue weighted by molar-refractivity contribution is -0.135. The Morgan fingerprint density at radius 2 is 1.81 bits per heavy atom. The number of hydrogen-bond acceptors (Lipinski definition) is 5. The lowest BCUT2D eigenvalue weighted by Gasteiger charge is -2.34. The Hall–Kier alpha value is -3.17. The van der Waals surface area contributed by atoms with Crippen molar-refractivity contribution in [2.45, 2.75) is 32.4 Å². The van der Waals surface area contributed by atoms with Crippen molar-refractivity contribution in [1.29, 1.82) is 0 Å². The van der Waals surface area contributed by atoms with E-state index in [-0.39, 0.29) is 11.8 Å². The van der Waals surface area contributed by atoms with Gasteiger partial charge in [-0.1, -0.05) is 28.1 Å². The van der Waals surface area contributed by atoms with Crippen LogP contribution in [-0.2, 0) is 23.3 Å². The molecule has 2 amide bonds. The second-order valence-electron chi connectivity index (χ2n) is 10.1. The van der Waals surface area contributed by atoms with Gasteiger partial charge in [-0.2, -0.15) is 5.10 Å². The van der Waals surface area contributed by atoms with Crippen LogP contribution in [0.25, 0.3) is 0 Å². The van der Waals surface area contributed by atoms with Crippen LogP contribution < -0.4 is 10.2 Å². The number of aromatic nitrogens is 2. The number of H-pyrrole nitrogens is 1. The van der Waals surface area contributed by atoms with Crippen molar-refractivity contribution in [2.75, 3.05) is 43.4 Å². The number of rotatable bonds is 5. The Bertz CT molecular complexity index is 1280. The maximum absolute atomic E-state index is 13.2. The van der Waals surface area contributed by atoms with Gasteiger partial charge in [0.25, 0.3) is 5.91 Å². The van der Waals surface area contributed by atoms with E-state index in [1.54, 1.807) is 0 Å². The van der Waals surface area contributed by atoms with Crippen LogP contribution in [-0.4, -0.2) is 65.0 Å². The van der Waals surface area contributed by atoms with Gasteiger partial charge >= 0.3 is 0 Å². The van der Waals surface area contributed by atoms with Crippen LogP contribution in [0.4, 0.5) is 11.5 Å². The van der Waals surface area contributed by atoms with E-state index in [9.17, 15) is 9.59 Å². The van der Waals surface area contributed by atoms with Gasteiger partial charge in [-0.3, -0.25) is 14.7 Å². The molecule has 1 fully saturated rings. The van der Waals surface area contributed by atoms with Gasteiger partial charge in [0.05, 0.1) is 24.2 Å². The summed E-state index contributed by atoms with van der Waals surface area (Å²) in [6.45, 7) is 8.42. The number of halogens is 1. The number of likely N-dealkylation sites (N-methyl/N-ethyl adjacent to an activating group) is 1. The predicted molar refractivity (Wildman–Crippen MR) is 144 cm³/mol. The molecule has 36 heavy (non-hydrogen) atoms. The smallest absolute Gasteiger partial charge is 0.256 e. The highest BCUT2D eigenvalue weighted by molar-refractivity contribution is 9.10. The van der Waals surface area contributed by atoms with E-state index in [4.69, 9.17) is 0 Å². The fourth-order valence-corrected chi connectivity index (χ4v) is 5.45. The Kier molecular flexibility index (Phi) is 6.61. The van der Waals surface area contributed by atoms with E-state index in [1.807, 2.05) is 67.3 Å². The topological polar surface area (TPSA) is 84.6 Å². The zero-order chi connectivity index (χ0) is 25.4. The summed E-state index contributed by atoms with van der Waals surface area (Å²) in [5, 5.41) is 10.4. The van der Waals surface area contributed by atoms with Crippen molar-refractivity contribution >= 4 is 39.2 Å². The zero-order valence-corrected chi connectivity index (χ0v) is 22.4. The number of hydrogen-bond donors (Lipinski definition) is 2. The first-order chi connectivity index (χ1) is 17.2. The van der Waals surface area contributed by atoms with E-state index in [2.05, 4.69) is 48.3 Å². The van der Waals surface area contributed by atoms with E-state index in [0.717, 1.165) is 53.2 Å². The molecule has 3 heterocycles. The lowest BCUT2D eigenvalue weighted by atomic mass is 10.00. The van der Waals surface area contributed by atoms with Crippen LogP contribution in [0.1, 0.15) is 41.0 Å². The summed E-state index contributed by atoms with van der Waals surface area (Å²) in [6, 6.07) is 15.5. The number of nitrogens with one attached hydrogen (secondary N) is 2. The zero-order valence-electron chi connectivity index (χ0n) is 20.8. The molecule has 0 saturated carbocycles. The van der Waals surface area contributed by atoms with Gasteiger partial charge in [0.15, 0.2) is 5.82 Å². The number of fused-ring (bicyclic) bond motifs is 1. The second-order valence-corrected chi connectivity index (χ2v) is 11.0. The number of benzene rings is 2. The summed E-state index contributed by atoms with van der Waals surface area (Å²) in [5.74, 6) is 0.286. The number of aromatic amines is 1. The summed E-state index contributed by atoms with van der Waals surface area (Å²) < 4.78 is 0.949. The normalized spacial score (nSPS) is 17.2. The standard InChI is InChI=1S/C27H31BrN6O2/c1-27(2)24-22(17-34(27)23(35)16-18-5-4-6-20(28)15-18)25(31-30-24)29-26(36)19-7-9-21(10-8-19)33-13-11-32(3)12-14-33/h4-10,15H,11-14,16-17H2,1-3H3,(H2,29,30,31,36). The number of carbonyl (C=O) groups is 2. The maximum atomic E-state index is 13.2. The quantitative estimate of drug-likeness (QED) is 0.501. The number of carbonyl (C=O) groups excluding carboxylic acids is 2. The molecule has 2 aliphatic heterocycles. The number of anilines is 2. The third-order valence-corrected chi connectivity index (χ3v) is 7.74. The van der Waals surface area contributed by atoms with Crippen molar-refractivity contribution in [1.82, 2.24) is 20.0 Å². The summed E-state index contributed by atoms with van der Waals surface area (Å²) >= 11 is 3.47. The van der Waals surface area contributed by atoms with Crippen molar-refractivity contribution in [3.8, 4) is 0 Å². The molecule has 2 N–H and O–H groups in total. The molecule has 1 aromatic heterocycles. The number of piperazine rings is 1. The minimum absolute atomic E-state index is 0.0273. The number of amides is 2. The van der Waals surface area contributed by atoms with Crippen molar-refractivity contribution < 1.29 is 9.59 Å². The van der Waals surface area contributed by atoms with Gasteiger partial charge in [0, 0.05) is 47.5 Å². The molecule has 0 unspecified atom stereocenters. The minimum atomic E-state index is -0.557. The van der Waals surface area contributed by atoms with Crippen LogP contribution in [0.15, 0.2) is 53.0 Å². The van der Waals surface area contributed by atoms with Gasteiger partial charge < -0.3 is 20.0 Å². The van der Waals surface area contributed by atoms with Crippen LogP contribution in [0.2, 0.25) is 0 Å². The Morgan fingerprint density at radius 1 is 1.08 bits per heavy atom. The molecule has 2 aromatic carbocycles. The molecule has 0 aliphatic carbocycles. The molecule has 2 aliphatic rings. The first kappa shape index (κ1) is 24.5. The number of nitrogens with zero attached hydrogens (tertiary/aromatic N) is 4. The molecule has 9 heteroatoms. The van der Waals surface area contributed by atoms with Crippen LogP contribution in [0.5, 0.6) is 0 Å². The fourth-order valence-electron chi connectivity index (χ4n) is 5.00. The van der Waals surface area contributed by atoms with Gasteiger partial charge in [0.2, 0.25) is 5.91 Å². The molecular formula is C27H31BrN6O2. The van der Waals surface area contributed by atoms with E-state index >= 15 is 0 Å². The molecule has 1 saturated heterocycles. The third kappa shape index (κ3) is 4.77. The summed E-state index contributed by atoms with van der Waals surface area (Å²) in [6.07, 6.45) is 0.307. The van der Waals surface area contributed by atoms with Gasteiger partial charge in [-0.15, -0.1) is 0 Å². The average molecular weight is 551 g/mol. The predicted octanol–water partition coefficient (Wildman–Crippen LogP) is 4.00.